The molecule has 1 saturated heterocycles. The number of hydrogen-bond donors (Lipinski definition) is 3. The SMILES string of the molecule is CC(NC(=O)c1ccc(Cl)cc1)C(=O)Nc1ccccc1CN1CCCC(C(N)=O)C1. The first kappa shape index (κ1) is 22.8. The number of anilines is 1. The van der Waals surface area contributed by atoms with Crippen molar-refractivity contribution in [3.63, 3.8) is 0 Å². The third-order valence-corrected chi connectivity index (χ3v) is 5.68. The molecule has 3 rings (SSSR count). The fraction of sp³-hybridized carbons (Fsp3) is 0.348. The summed E-state index contributed by atoms with van der Waals surface area (Å²) in [5.41, 5.74) is 7.53. The van der Waals surface area contributed by atoms with Crippen molar-refractivity contribution in [3.05, 3.63) is 64.7 Å². The van der Waals surface area contributed by atoms with Crippen molar-refractivity contribution in [2.24, 2.45) is 11.7 Å². The summed E-state index contributed by atoms with van der Waals surface area (Å²) in [6, 6.07) is 13.3. The molecule has 2 unspecified atom stereocenters. The van der Waals surface area contributed by atoms with Gasteiger partial charge in [0.1, 0.15) is 6.04 Å². The molecular formula is C23H27ClN4O3. The molecule has 0 radical (unpaired) electrons. The van der Waals surface area contributed by atoms with Gasteiger partial charge in [-0.3, -0.25) is 19.3 Å². The summed E-state index contributed by atoms with van der Waals surface area (Å²) >= 11 is 5.85. The molecule has 0 saturated carbocycles. The molecule has 3 amide bonds. The number of nitrogens with one attached hydrogen (secondary N) is 2. The molecule has 1 fully saturated rings. The van der Waals surface area contributed by atoms with Gasteiger partial charge in [-0.1, -0.05) is 29.8 Å². The molecule has 2 aromatic carbocycles. The lowest BCUT2D eigenvalue weighted by molar-refractivity contribution is -0.123. The molecule has 164 valence electrons. The fourth-order valence-electron chi connectivity index (χ4n) is 3.64. The lowest BCUT2D eigenvalue weighted by Crippen LogP contribution is -2.42. The molecule has 0 aromatic heterocycles. The van der Waals surface area contributed by atoms with E-state index < -0.39 is 6.04 Å². The van der Waals surface area contributed by atoms with Crippen molar-refractivity contribution < 1.29 is 14.4 Å². The monoisotopic (exact) mass is 442 g/mol. The van der Waals surface area contributed by atoms with Gasteiger partial charge in [0.25, 0.3) is 5.91 Å². The molecule has 4 N–H and O–H groups in total. The average molecular weight is 443 g/mol. The number of amides is 3. The number of carbonyl (C=O) groups excluding carboxylic acids is 3. The number of hydrogen-bond acceptors (Lipinski definition) is 4. The zero-order valence-corrected chi connectivity index (χ0v) is 18.2. The van der Waals surface area contributed by atoms with Crippen LogP contribution >= 0.6 is 11.6 Å². The summed E-state index contributed by atoms with van der Waals surface area (Å²) in [4.78, 5) is 38.8. The Bertz CT molecular complexity index is 948. The van der Waals surface area contributed by atoms with Crippen LogP contribution in [0.1, 0.15) is 35.7 Å². The van der Waals surface area contributed by atoms with Gasteiger partial charge in [0.05, 0.1) is 5.92 Å². The Morgan fingerprint density at radius 1 is 1.16 bits per heavy atom. The summed E-state index contributed by atoms with van der Waals surface area (Å²) in [7, 11) is 0. The van der Waals surface area contributed by atoms with Gasteiger partial charge in [0, 0.05) is 29.4 Å². The van der Waals surface area contributed by atoms with E-state index in [0.717, 1.165) is 24.9 Å². The highest BCUT2D eigenvalue weighted by Gasteiger charge is 2.25. The second-order valence-corrected chi connectivity index (χ2v) is 8.26. The summed E-state index contributed by atoms with van der Waals surface area (Å²) in [5, 5.41) is 6.14. The van der Waals surface area contributed by atoms with Crippen LogP contribution < -0.4 is 16.4 Å². The average Bonchev–Trinajstić information content (AvgIpc) is 2.75. The molecule has 1 aliphatic heterocycles. The smallest absolute Gasteiger partial charge is 0.251 e. The van der Waals surface area contributed by atoms with Gasteiger partial charge in [-0.15, -0.1) is 0 Å². The quantitative estimate of drug-likeness (QED) is 0.613. The Morgan fingerprint density at radius 2 is 1.87 bits per heavy atom. The van der Waals surface area contributed by atoms with E-state index in [0.29, 0.717) is 29.4 Å². The molecule has 31 heavy (non-hydrogen) atoms. The fourth-order valence-corrected chi connectivity index (χ4v) is 3.77. The third-order valence-electron chi connectivity index (χ3n) is 5.42. The van der Waals surface area contributed by atoms with Crippen molar-refractivity contribution >= 4 is 35.0 Å². The highest BCUT2D eigenvalue weighted by atomic mass is 35.5. The molecule has 2 aromatic rings. The van der Waals surface area contributed by atoms with Crippen LogP contribution in [-0.2, 0) is 16.1 Å². The van der Waals surface area contributed by atoms with E-state index in [9.17, 15) is 14.4 Å². The topological polar surface area (TPSA) is 105 Å². The number of rotatable bonds is 7. The maximum absolute atomic E-state index is 12.7. The number of benzene rings is 2. The maximum atomic E-state index is 12.7. The van der Waals surface area contributed by atoms with Gasteiger partial charge in [-0.05, 0) is 62.2 Å². The number of nitrogens with two attached hydrogens (primary N) is 1. The van der Waals surface area contributed by atoms with Crippen LogP contribution in [0.5, 0.6) is 0 Å². The normalized spacial score (nSPS) is 17.5. The largest absolute Gasteiger partial charge is 0.369 e. The van der Waals surface area contributed by atoms with Gasteiger partial charge in [0.2, 0.25) is 11.8 Å². The van der Waals surface area contributed by atoms with Crippen LogP contribution in [0.3, 0.4) is 0 Å². The molecule has 8 heteroatoms. The number of likely N-dealkylation sites (tertiary alicyclic amines) is 1. The van der Waals surface area contributed by atoms with E-state index >= 15 is 0 Å². The van der Waals surface area contributed by atoms with Crippen molar-refractivity contribution in [2.75, 3.05) is 18.4 Å². The van der Waals surface area contributed by atoms with Crippen molar-refractivity contribution in [3.8, 4) is 0 Å². The lowest BCUT2D eigenvalue weighted by atomic mass is 9.97. The standard InChI is InChI=1S/C23H27ClN4O3/c1-15(26-23(31)16-8-10-19(24)11-9-16)22(30)27-20-7-3-2-5-17(20)13-28-12-4-6-18(14-28)21(25)29/h2-3,5,7-11,15,18H,4,6,12-14H2,1H3,(H2,25,29)(H,26,31)(H,27,30). The van der Waals surface area contributed by atoms with Gasteiger partial charge >= 0.3 is 0 Å². The first-order valence-corrected chi connectivity index (χ1v) is 10.7. The Kier molecular flexibility index (Phi) is 7.65. The Morgan fingerprint density at radius 3 is 2.58 bits per heavy atom. The second kappa shape index (κ2) is 10.4. The van der Waals surface area contributed by atoms with Gasteiger partial charge in [-0.2, -0.15) is 0 Å². The molecule has 2 atom stereocenters. The summed E-state index contributed by atoms with van der Waals surface area (Å²) < 4.78 is 0. The molecule has 0 spiro atoms. The van der Waals surface area contributed by atoms with Crippen LogP contribution in [0.2, 0.25) is 5.02 Å². The number of halogens is 1. The number of para-hydroxylation sites is 1. The molecule has 0 bridgehead atoms. The van der Waals surface area contributed by atoms with Gasteiger partial charge < -0.3 is 16.4 Å². The molecular weight excluding hydrogens is 416 g/mol. The minimum Gasteiger partial charge on any atom is -0.369 e. The van der Waals surface area contributed by atoms with Crippen LogP contribution in [-0.4, -0.2) is 41.8 Å². The van der Waals surface area contributed by atoms with Crippen LogP contribution in [0.4, 0.5) is 5.69 Å². The Hall–Kier alpha value is -2.90. The minimum absolute atomic E-state index is 0.140. The zero-order chi connectivity index (χ0) is 22.4. The highest BCUT2D eigenvalue weighted by molar-refractivity contribution is 6.30. The first-order valence-electron chi connectivity index (χ1n) is 10.3. The first-order chi connectivity index (χ1) is 14.8. The number of primary amides is 1. The number of piperidine rings is 1. The molecule has 1 heterocycles. The molecule has 0 aliphatic carbocycles. The van der Waals surface area contributed by atoms with Crippen molar-refractivity contribution in [2.45, 2.75) is 32.4 Å². The summed E-state index contributed by atoms with van der Waals surface area (Å²) in [5.74, 6) is -1.07. The predicted octanol–water partition coefficient (Wildman–Crippen LogP) is 2.79. The summed E-state index contributed by atoms with van der Waals surface area (Å²) in [6.07, 6.45) is 1.73. The van der Waals surface area contributed by atoms with E-state index in [4.69, 9.17) is 17.3 Å². The van der Waals surface area contributed by atoms with Gasteiger partial charge in [0.15, 0.2) is 0 Å². The van der Waals surface area contributed by atoms with Crippen LogP contribution in [0.15, 0.2) is 48.5 Å². The number of carbonyl (C=O) groups is 3. The second-order valence-electron chi connectivity index (χ2n) is 7.83. The van der Waals surface area contributed by atoms with E-state index in [1.54, 1.807) is 31.2 Å². The zero-order valence-electron chi connectivity index (χ0n) is 17.4. The van der Waals surface area contributed by atoms with Crippen molar-refractivity contribution in [1.82, 2.24) is 10.2 Å². The van der Waals surface area contributed by atoms with E-state index in [2.05, 4.69) is 15.5 Å². The lowest BCUT2D eigenvalue weighted by Gasteiger charge is -2.31. The van der Waals surface area contributed by atoms with Crippen molar-refractivity contribution in [1.29, 1.82) is 0 Å². The number of nitrogens with zero attached hydrogens (tertiary/aromatic N) is 1. The highest BCUT2D eigenvalue weighted by Crippen LogP contribution is 2.22. The van der Waals surface area contributed by atoms with Crippen LogP contribution in [0, 0.1) is 5.92 Å². The third kappa shape index (κ3) is 6.29. The summed E-state index contributed by atoms with van der Waals surface area (Å²) in [6.45, 7) is 3.73. The minimum atomic E-state index is -0.731. The molecule has 7 nitrogen and oxygen atoms in total. The van der Waals surface area contributed by atoms with Crippen LogP contribution in [0.25, 0.3) is 0 Å². The van der Waals surface area contributed by atoms with Gasteiger partial charge in [-0.25, -0.2) is 0 Å². The Labute approximate surface area is 186 Å². The Balaban J connectivity index is 1.61. The van der Waals surface area contributed by atoms with E-state index in [1.165, 1.54) is 0 Å². The predicted molar refractivity (Wildman–Crippen MR) is 121 cm³/mol. The van der Waals surface area contributed by atoms with E-state index in [-0.39, 0.29) is 23.6 Å². The molecule has 1 aliphatic rings. The maximum Gasteiger partial charge on any atom is 0.251 e. The van der Waals surface area contributed by atoms with E-state index in [1.807, 2.05) is 24.3 Å².